The first-order chi connectivity index (χ1) is 9.17. The van der Waals surface area contributed by atoms with E-state index in [1.54, 1.807) is 13.2 Å². The second-order valence-corrected chi connectivity index (χ2v) is 5.38. The van der Waals surface area contributed by atoms with Crippen molar-refractivity contribution in [2.45, 2.75) is 51.6 Å². The Morgan fingerprint density at radius 3 is 2.63 bits per heavy atom. The zero-order valence-corrected chi connectivity index (χ0v) is 12.2. The summed E-state index contributed by atoms with van der Waals surface area (Å²) in [5.74, 6) is 0.772. The minimum Gasteiger partial charge on any atom is -0.504 e. The largest absolute Gasteiger partial charge is 0.504 e. The van der Waals surface area contributed by atoms with Crippen molar-refractivity contribution in [1.82, 2.24) is 4.90 Å². The molecule has 0 radical (unpaired) electrons. The highest BCUT2D eigenvalue weighted by molar-refractivity contribution is 5.42. The van der Waals surface area contributed by atoms with Gasteiger partial charge < -0.3 is 9.84 Å². The summed E-state index contributed by atoms with van der Waals surface area (Å²) in [4.78, 5) is 2.57. The number of phenolic OH excluding ortho intramolecular Hbond substituents is 1. The summed E-state index contributed by atoms with van der Waals surface area (Å²) < 4.78 is 5.21. The summed E-state index contributed by atoms with van der Waals surface area (Å²) >= 11 is 0. The lowest BCUT2D eigenvalue weighted by atomic mass is 10.0. The fourth-order valence-electron chi connectivity index (χ4n) is 3.23. The second kappa shape index (κ2) is 6.29. The maximum Gasteiger partial charge on any atom is 0.160 e. The maximum absolute atomic E-state index is 9.69. The summed E-state index contributed by atoms with van der Waals surface area (Å²) in [5.41, 5.74) is 1.21. The minimum absolute atomic E-state index is 0.211. The summed E-state index contributed by atoms with van der Waals surface area (Å²) in [5, 5.41) is 9.69. The number of hydrogen-bond donors (Lipinski definition) is 1. The fourth-order valence-corrected chi connectivity index (χ4v) is 3.23. The summed E-state index contributed by atoms with van der Waals surface area (Å²) in [6.07, 6.45) is 5.33. The van der Waals surface area contributed by atoms with Crippen molar-refractivity contribution in [1.29, 1.82) is 0 Å². The van der Waals surface area contributed by atoms with Crippen LogP contribution in [-0.2, 0) is 0 Å². The van der Waals surface area contributed by atoms with E-state index in [4.69, 9.17) is 4.74 Å². The van der Waals surface area contributed by atoms with Crippen LogP contribution in [0.2, 0.25) is 0 Å². The van der Waals surface area contributed by atoms with Crippen molar-refractivity contribution >= 4 is 0 Å². The number of ether oxygens (including phenoxy) is 1. The van der Waals surface area contributed by atoms with Crippen molar-refractivity contribution in [3.05, 3.63) is 23.8 Å². The SMILES string of the molecule is CCN(C1CCCC1)C(C)c1ccc(O)c(OC)c1. The van der Waals surface area contributed by atoms with E-state index in [0.717, 1.165) is 6.54 Å². The molecule has 1 unspecified atom stereocenters. The molecule has 1 saturated carbocycles. The van der Waals surface area contributed by atoms with E-state index >= 15 is 0 Å². The molecule has 0 aromatic heterocycles. The highest BCUT2D eigenvalue weighted by Gasteiger charge is 2.26. The normalized spacial score (nSPS) is 17.9. The molecule has 1 aromatic carbocycles. The third kappa shape index (κ3) is 3.03. The molecule has 2 rings (SSSR count). The van der Waals surface area contributed by atoms with Crippen LogP contribution < -0.4 is 4.74 Å². The van der Waals surface area contributed by atoms with Gasteiger partial charge in [-0.2, -0.15) is 0 Å². The quantitative estimate of drug-likeness (QED) is 0.878. The Hall–Kier alpha value is -1.22. The first-order valence-electron chi connectivity index (χ1n) is 7.30. The predicted molar refractivity (Wildman–Crippen MR) is 77.7 cm³/mol. The Morgan fingerprint density at radius 1 is 1.37 bits per heavy atom. The van der Waals surface area contributed by atoms with Gasteiger partial charge in [0.1, 0.15) is 0 Å². The standard InChI is InChI=1S/C16H25NO2/c1-4-17(14-7-5-6-8-14)12(2)13-9-10-15(18)16(11-13)19-3/h9-12,14,18H,4-8H2,1-3H3. The highest BCUT2D eigenvalue weighted by Crippen LogP contribution is 2.34. The van der Waals surface area contributed by atoms with Crippen molar-refractivity contribution in [2.24, 2.45) is 0 Å². The molecular weight excluding hydrogens is 238 g/mol. The topological polar surface area (TPSA) is 32.7 Å². The molecule has 1 aliphatic rings. The molecule has 1 atom stereocenters. The minimum atomic E-state index is 0.211. The summed E-state index contributed by atoms with van der Waals surface area (Å²) in [6, 6.07) is 6.76. The van der Waals surface area contributed by atoms with Crippen LogP contribution in [0.15, 0.2) is 18.2 Å². The van der Waals surface area contributed by atoms with Gasteiger partial charge in [-0.25, -0.2) is 0 Å². The fraction of sp³-hybridized carbons (Fsp3) is 0.625. The smallest absolute Gasteiger partial charge is 0.160 e. The molecule has 1 fully saturated rings. The molecule has 1 N–H and O–H groups in total. The van der Waals surface area contributed by atoms with Crippen molar-refractivity contribution in [3.63, 3.8) is 0 Å². The predicted octanol–water partition coefficient (Wildman–Crippen LogP) is 3.73. The number of hydrogen-bond acceptors (Lipinski definition) is 3. The number of nitrogens with zero attached hydrogens (tertiary/aromatic N) is 1. The Labute approximate surface area is 116 Å². The van der Waals surface area contributed by atoms with Crippen LogP contribution in [0.1, 0.15) is 51.1 Å². The molecule has 0 aliphatic heterocycles. The van der Waals surface area contributed by atoms with Crippen LogP contribution in [0.3, 0.4) is 0 Å². The number of methoxy groups -OCH3 is 1. The van der Waals surface area contributed by atoms with Gasteiger partial charge in [0.25, 0.3) is 0 Å². The van der Waals surface area contributed by atoms with Gasteiger partial charge in [-0.05, 0) is 44.0 Å². The van der Waals surface area contributed by atoms with Crippen LogP contribution in [0.25, 0.3) is 0 Å². The molecule has 0 saturated heterocycles. The van der Waals surface area contributed by atoms with Gasteiger partial charge in [-0.1, -0.05) is 25.8 Å². The van der Waals surface area contributed by atoms with Gasteiger partial charge in [0.05, 0.1) is 7.11 Å². The van der Waals surface area contributed by atoms with Crippen molar-refractivity contribution in [2.75, 3.05) is 13.7 Å². The molecule has 0 spiro atoms. The number of aromatic hydroxyl groups is 1. The van der Waals surface area contributed by atoms with E-state index in [1.807, 2.05) is 12.1 Å². The van der Waals surface area contributed by atoms with Gasteiger partial charge in [0, 0.05) is 12.1 Å². The molecule has 0 amide bonds. The van der Waals surface area contributed by atoms with Gasteiger partial charge in [0.2, 0.25) is 0 Å². The van der Waals surface area contributed by atoms with E-state index in [9.17, 15) is 5.11 Å². The van der Waals surface area contributed by atoms with Gasteiger partial charge in [-0.15, -0.1) is 0 Å². The molecule has 0 bridgehead atoms. The van der Waals surface area contributed by atoms with E-state index < -0.39 is 0 Å². The van der Waals surface area contributed by atoms with Gasteiger partial charge in [0.15, 0.2) is 11.5 Å². The average Bonchev–Trinajstić information content (AvgIpc) is 2.94. The number of benzene rings is 1. The van der Waals surface area contributed by atoms with Crippen molar-refractivity contribution < 1.29 is 9.84 Å². The molecule has 3 nitrogen and oxygen atoms in total. The first kappa shape index (κ1) is 14.2. The third-order valence-corrected chi connectivity index (χ3v) is 4.34. The molecule has 1 aliphatic carbocycles. The van der Waals surface area contributed by atoms with Gasteiger partial charge >= 0.3 is 0 Å². The molecular formula is C16H25NO2. The van der Waals surface area contributed by atoms with E-state index in [-0.39, 0.29) is 5.75 Å². The Kier molecular flexibility index (Phi) is 4.70. The highest BCUT2D eigenvalue weighted by atomic mass is 16.5. The van der Waals surface area contributed by atoms with Crippen LogP contribution in [0, 0.1) is 0 Å². The van der Waals surface area contributed by atoms with Crippen LogP contribution in [-0.4, -0.2) is 29.7 Å². The molecule has 106 valence electrons. The van der Waals surface area contributed by atoms with Crippen LogP contribution >= 0.6 is 0 Å². The van der Waals surface area contributed by atoms with E-state index in [0.29, 0.717) is 17.8 Å². The lowest BCUT2D eigenvalue weighted by Gasteiger charge is -2.34. The average molecular weight is 263 g/mol. The summed E-state index contributed by atoms with van der Waals surface area (Å²) in [7, 11) is 1.60. The van der Waals surface area contributed by atoms with Crippen LogP contribution in [0.5, 0.6) is 11.5 Å². The Bertz CT molecular complexity index is 413. The monoisotopic (exact) mass is 263 g/mol. The van der Waals surface area contributed by atoms with Crippen LogP contribution in [0.4, 0.5) is 0 Å². The molecule has 3 heteroatoms. The molecule has 1 aromatic rings. The first-order valence-corrected chi connectivity index (χ1v) is 7.30. The van der Waals surface area contributed by atoms with Crippen molar-refractivity contribution in [3.8, 4) is 11.5 Å². The molecule has 19 heavy (non-hydrogen) atoms. The second-order valence-electron chi connectivity index (χ2n) is 5.38. The zero-order valence-electron chi connectivity index (χ0n) is 12.2. The molecule has 0 heterocycles. The van der Waals surface area contributed by atoms with E-state index in [1.165, 1.54) is 31.2 Å². The lowest BCUT2D eigenvalue weighted by Crippen LogP contribution is -2.35. The number of rotatable bonds is 5. The van der Waals surface area contributed by atoms with E-state index in [2.05, 4.69) is 18.7 Å². The Balaban J connectivity index is 2.18. The maximum atomic E-state index is 9.69. The van der Waals surface area contributed by atoms with Gasteiger partial charge in [-0.3, -0.25) is 4.90 Å². The Morgan fingerprint density at radius 2 is 2.05 bits per heavy atom. The summed E-state index contributed by atoms with van der Waals surface area (Å²) in [6.45, 7) is 5.54. The number of phenols is 1. The zero-order chi connectivity index (χ0) is 13.8. The third-order valence-electron chi connectivity index (χ3n) is 4.34. The lowest BCUT2D eigenvalue weighted by molar-refractivity contribution is 0.154.